The minimum atomic E-state index is -0.345. The normalized spacial score (nSPS) is 19.1. The molecule has 2 aromatic rings. The fraction of sp³-hybridized carbons (Fsp3) is 0.481. The van der Waals surface area contributed by atoms with E-state index in [2.05, 4.69) is 52.0 Å². The van der Waals surface area contributed by atoms with E-state index in [1.54, 1.807) is 0 Å². The van der Waals surface area contributed by atoms with Crippen molar-refractivity contribution in [1.29, 1.82) is 0 Å². The molecule has 0 saturated carbocycles. The lowest BCUT2D eigenvalue weighted by Crippen LogP contribution is -2.64. The summed E-state index contributed by atoms with van der Waals surface area (Å²) >= 11 is 0. The highest BCUT2D eigenvalue weighted by Gasteiger charge is 2.43. The largest absolute Gasteiger partial charge is 0.329 e. The summed E-state index contributed by atoms with van der Waals surface area (Å²) in [6.07, 6.45) is 2.52. The van der Waals surface area contributed by atoms with Crippen molar-refractivity contribution >= 4 is 11.8 Å². The molecule has 0 N–H and O–H groups in total. The Labute approximate surface area is 187 Å². The molecule has 3 atom stereocenters. The molecule has 2 amide bonds. The zero-order valence-electron chi connectivity index (χ0n) is 19.3. The van der Waals surface area contributed by atoms with E-state index in [0.717, 1.165) is 19.3 Å². The molecule has 166 valence electrons. The summed E-state index contributed by atoms with van der Waals surface area (Å²) in [5.74, 6) is -0.0845. The van der Waals surface area contributed by atoms with Crippen LogP contribution in [0.3, 0.4) is 0 Å². The van der Waals surface area contributed by atoms with E-state index >= 15 is 0 Å². The molecule has 0 aromatic heterocycles. The number of hydrogen-bond donors (Lipinski definition) is 0. The zero-order valence-corrected chi connectivity index (χ0v) is 19.3. The smallest absolute Gasteiger partial charge is 0.312 e. The first-order valence-corrected chi connectivity index (χ1v) is 11.6. The molecule has 1 aliphatic heterocycles. The van der Waals surface area contributed by atoms with Crippen LogP contribution in [0.4, 0.5) is 0 Å². The highest BCUT2D eigenvalue weighted by atomic mass is 16.2. The molecule has 0 bridgehead atoms. The van der Waals surface area contributed by atoms with Gasteiger partial charge in [-0.3, -0.25) is 9.59 Å². The predicted molar refractivity (Wildman–Crippen MR) is 126 cm³/mol. The van der Waals surface area contributed by atoms with Crippen LogP contribution in [0.15, 0.2) is 60.7 Å². The second-order valence-electron chi connectivity index (χ2n) is 9.15. The Morgan fingerprint density at radius 2 is 1.45 bits per heavy atom. The Kier molecular flexibility index (Phi) is 7.89. The Morgan fingerprint density at radius 1 is 0.871 bits per heavy atom. The third kappa shape index (κ3) is 5.55. The van der Waals surface area contributed by atoms with Gasteiger partial charge in [0.2, 0.25) is 0 Å². The summed E-state index contributed by atoms with van der Waals surface area (Å²) in [7, 11) is 0. The zero-order chi connectivity index (χ0) is 22.4. The van der Waals surface area contributed by atoms with Crippen LogP contribution in [0.1, 0.15) is 45.2 Å². The predicted octanol–water partition coefficient (Wildman–Crippen LogP) is 4.58. The fourth-order valence-corrected chi connectivity index (χ4v) is 4.54. The number of rotatable bonds is 9. The number of piperazine rings is 1. The van der Waals surface area contributed by atoms with Crippen LogP contribution in [0, 0.1) is 11.8 Å². The van der Waals surface area contributed by atoms with Crippen molar-refractivity contribution < 1.29 is 9.59 Å². The van der Waals surface area contributed by atoms with E-state index in [0.29, 0.717) is 19.0 Å². The SMILES string of the molecule is CCC(C)[C@H](Cc1ccccc1)N1C[C@H](C(C)C)N(CCc2ccccc2)C(=O)C1=O. The van der Waals surface area contributed by atoms with Crippen LogP contribution in [-0.4, -0.2) is 46.8 Å². The van der Waals surface area contributed by atoms with Crippen LogP contribution >= 0.6 is 0 Å². The van der Waals surface area contributed by atoms with Crippen molar-refractivity contribution in [3.8, 4) is 0 Å². The number of carbonyl (C=O) groups excluding carboxylic acids is 2. The molecule has 1 saturated heterocycles. The van der Waals surface area contributed by atoms with Crippen LogP contribution in [-0.2, 0) is 22.4 Å². The molecule has 2 aromatic carbocycles. The first kappa shape index (κ1) is 23.1. The van der Waals surface area contributed by atoms with Crippen molar-refractivity contribution in [2.75, 3.05) is 13.1 Å². The highest BCUT2D eigenvalue weighted by molar-refractivity contribution is 6.35. The molecular weight excluding hydrogens is 384 g/mol. The third-order valence-corrected chi connectivity index (χ3v) is 6.73. The molecule has 4 nitrogen and oxygen atoms in total. The maximum Gasteiger partial charge on any atom is 0.312 e. The highest BCUT2D eigenvalue weighted by Crippen LogP contribution is 2.27. The molecule has 4 heteroatoms. The lowest BCUT2D eigenvalue weighted by atomic mass is 9.89. The topological polar surface area (TPSA) is 40.6 Å². The molecular formula is C27H36N2O2. The van der Waals surface area contributed by atoms with Crippen LogP contribution in [0.5, 0.6) is 0 Å². The van der Waals surface area contributed by atoms with E-state index in [1.165, 1.54) is 11.1 Å². The van der Waals surface area contributed by atoms with Gasteiger partial charge in [0.1, 0.15) is 0 Å². The molecule has 0 aliphatic carbocycles. The summed E-state index contributed by atoms with van der Waals surface area (Å²) in [6, 6.07) is 20.5. The van der Waals surface area contributed by atoms with E-state index in [-0.39, 0.29) is 29.8 Å². The monoisotopic (exact) mass is 420 g/mol. The van der Waals surface area contributed by atoms with E-state index in [4.69, 9.17) is 0 Å². The summed E-state index contributed by atoms with van der Waals surface area (Å²) < 4.78 is 0. The lowest BCUT2D eigenvalue weighted by Gasteiger charge is -2.46. The van der Waals surface area contributed by atoms with Gasteiger partial charge in [-0.1, -0.05) is 94.8 Å². The second kappa shape index (κ2) is 10.6. The fourth-order valence-electron chi connectivity index (χ4n) is 4.54. The van der Waals surface area contributed by atoms with Crippen molar-refractivity contribution in [2.24, 2.45) is 11.8 Å². The van der Waals surface area contributed by atoms with E-state index in [9.17, 15) is 9.59 Å². The Bertz CT molecular complexity index is 850. The van der Waals surface area contributed by atoms with Gasteiger partial charge in [-0.25, -0.2) is 0 Å². The van der Waals surface area contributed by atoms with E-state index < -0.39 is 0 Å². The second-order valence-corrected chi connectivity index (χ2v) is 9.15. The number of benzene rings is 2. The van der Waals surface area contributed by atoms with Crippen molar-refractivity contribution in [2.45, 2.75) is 59.0 Å². The minimum Gasteiger partial charge on any atom is -0.329 e. The Hall–Kier alpha value is -2.62. The average molecular weight is 421 g/mol. The standard InChI is InChI=1S/C27H36N2O2/c1-5-21(4)24(18-23-14-10-7-11-15-23)29-19-25(20(2)3)28(26(30)27(29)31)17-16-22-12-8-6-9-13-22/h6-15,20-21,24-25H,5,16-19H2,1-4H3/t21?,24-,25+/m0/s1. The summed E-state index contributed by atoms with van der Waals surface area (Å²) in [6.45, 7) is 9.84. The van der Waals surface area contributed by atoms with Crippen LogP contribution in [0.25, 0.3) is 0 Å². The Morgan fingerprint density at radius 3 is 2.00 bits per heavy atom. The van der Waals surface area contributed by atoms with Gasteiger partial charge in [-0.05, 0) is 35.8 Å². The molecule has 1 aliphatic rings. The number of hydrogen-bond acceptors (Lipinski definition) is 2. The summed E-state index contributed by atoms with van der Waals surface area (Å²) in [5, 5.41) is 0. The van der Waals surface area contributed by atoms with Crippen molar-refractivity contribution in [1.82, 2.24) is 9.80 Å². The van der Waals surface area contributed by atoms with Gasteiger partial charge >= 0.3 is 11.8 Å². The molecule has 0 radical (unpaired) electrons. The maximum absolute atomic E-state index is 13.3. The molecule has 31 heavy (non-hydrogen) atoms. The van der Waals surface area contributed by atoms with Gasteiger partial charge < -0.3 is 9.80 Å². The third-order valence-electron chi connectivity index (χ3n) is 6.73. The van der Waals surface area contributed by atoms with Gasteiger partial charge in [-0.2, -0.15) is 0 Å². The van der Waals surface area contributed by atoms with Gasteiger partial charge in [0.15, 0.2) is 0 Å². The molecule has 0 spiro atoms. The number of carbonyl (C=O) groups is 2. The molecule has 1 fully saturated rings. The maximum atomic E-state index is 13.3. The van der Waals surface area contributed by atoms with E-state index in [1.807, 2.05) is 46.2 Å². The van der Waals surface area contributed by atoms with Crippen molar-refractivity contribution in [3.63, 3.8) is 0 Å². The minimum absolute atomic E-state index is 0.0290. The van der Waals surface area contributed by atoms with Crippen LogP contribution < -0.4 is 0 Å². The quantitative estimate of drug-likeness (QED) is 0.557. The number of nitrogens with zero attached hydrogens (tertiary/aromatic N) is 2. The lowest BCUT2D eigenvalue weighted by molar-refractivity contribution is -0.163. The first-order chi connectivity index (χ1) is 14.9. The summed E-state index contributed by atoms with van der Waals surface area (Å²) in [4.78, 5) is 30.3. The molecule has 3 rings (SSSR count). The van der Waals surface area contributed by atoms with Gasteiger partial charge in [0, 0.05) is 19.1 Å². The summed E-state index contributed by atoms with van der Waals surface area (Å²) in [5.41, 5.74) is 2.40. The van der Waals surface area contributed by atoms with Crippen molar-refractivity contribution in [3.05, 3.63) is 71.8 Å². The average Bonchev–Trinajstić information content (AvgIpc) is 2.79. The van der Waals surface area contributed by atoms with Gasteiger partial charge in [0.25, 0.3) is 0 Å². The van der Waals surface area contributed by atoms with Gasteiger partial charge in [-0.15, -0.1) is 0 Å². The molecule has 1 heterocycles. The van der Waals surface area contributed by atoms with Crippen LogP contribution in [0.2, 0.25) is 0 Å². The first-order valence-electron chi connectivity index (χ1n) is 11.6. The molecule has 1 unspecified atom stereocenters. The Balaban J connectivity index is 1.81. The number of amides is 2. The van der Waals surface area contributed by atoms with Gasteiger partial charge in [0.05, 0.1) is 6.04 Å².